The van der Waals surface area contributed by atoms with E-state index in [4.69, 9.17) is 4.74 Å². The van der Waals surface area contributed by atoms with Crippen molar-refractivity contribution in [2.24, 2.45) is 0 Å². The first-order valence-electron chi connectivity index (χ1n) is 9.77. The summed E-state index contributed by atoms with van der Waals surface area (Å²) in [6.07, 6.45) is -0.142. The van der Waals surface area contributed by atoms with Gasteiger partial charge in [0, 0.05) is 45.7 Å². The summed E-state index contributed by atoms with van der Waals surface area (Å²) in [7, 11) is 2.09. The first kappa shape index (κ1) is 22.3. The molecule has 0 spiro atoms. The van der Waals surface area contributed by atoms with Gasteiger partial charge in [-0.3, -0.25) is 9.69 Å². The van der Waals surface area contributed by atoms with Crippen LogP contribution in [0, 0.1) is 5.82 Å². The van der Waals surface area contributed by atoms with E-state index in [9.17, 15) is 14.0 Å². The van der Waals surface area contributed by atoms with E-state index >= 15 is 0 Å². The molecule has 2 rings (SSSR count). The third-order valence-electron chi connectivity index (χ3n) is 4.61. The van der Waals surface area contributed by atoms with Crippen LogP contribution in [0.2, 0.25) is 0 Å². The highest BCUT2D eigenvalue weighted by Crippen LogP contribution is 2.14. The van der Waals surface area contributed by atoms with Crippen LogP contribution in [0.5, 0.6) is 0 Å². The Balaban J connectivity index is 1.94. The van der Waals surface area contributed by atoms with Gasteiger partial charge in [-0.1, -0.05) is 12.1 Å². The molecule has 1 saturated heterocycles. The SMILES string of the molecule is CN1CCN(CCC(=O)CN(Cc2ccc(F)cc2)C(=O)OC(C)(C)C)CC1. The number of carbonyl (C=O) groups is 2. The molecule has 1 aromatic rings. The highest BCUT2D eigenvalue weighted by molar-refractivity contribution is 5.84. The lowest BCUT2D eigenvalue weighted by Crippen LogP contribution is -2.45. The standard InChI is InChI=1S/C21H32FN3O3/c1-21(2,3)28-20(27)25(15-17-5-7-18(22)8-6-17)16-19(26)9-10-24-13-11-23(4)12-14-24/h5-8H,9-16H2,1-4H3. The fraction of sp³-hybridized carbons (Fsp3) is 0.619. The summed E-state index contributed by atoms with van der Waals surface area (Å²) in [5.41, 5.74) is 0.0974. The maximum Gasteiger partial charge on any atom is 0.410 e. The first-order valence-corrected chi connectivity index (χ1v) is 9.77. The minimum atomic E-state index is -0.652. The van der Waals surface area contributed by atoms with Crippen molar-refractivity contribution < 1.29 is 18.7 Å². The van der Waals surface area contributed by atoms with Gasteiger partial charge in [-0.2, -0.15) is 0 Å². The van der Waals surface area contributed by atoms with Gasteiger partial charge in [0.15, 0.2) is 5.78 Å². The molecule has 1 aliphatic heterocycles. The van der Waals surface area contributed by atoms with Crippen LogP contribution in [-0.4, -0.2) is 78.5 Å². The van der Waals surface area contributed by atoms with Crippen LogP contribution in [0.1, 0.15) is 32.8 Å². The molecule has 1 amide bonds. The fourth-order valence-electron chi connectivity index (χ4n) is 2.97. The second-order valence-corrected chi connectivity index (χ2v) is 8.40. The van der Waals surface area contributed by atoms with Gasteiger partial charge in [0.25, 0.3) is 0 Å². The largest absolute Gasteiger partial charge is 0.444 e. The fourth-order valence-corrected chi connectivity index (χ4v) is 2.97. The van der Waals surface area contributed by atoms with Crippen molar-refractivity contribution in [1.29, 1.82) is 0 Å². The molecule has 0 atom stereocenters. The van der Waals surface area contributed by atoms with Crippen LogP contribution in [-0.2, 0) is 16.1 Å². The number of hydrogen-bond donors (Lipinski definition) is 0. The lowest BCUT2D eigenvalue weighted by Gasteiger charge is -2.32. The molecule has 0 aromatic heterocycles. The van der Waals surface area contributed by atoms with E-state index in [-0.39, 0.29) is 24.7 Å². The number of ether oxygens (including phenoxy) is 1. The molecule has 1 aromatic carbocycles. The summed E-state index contributed by atoms with van der Waals surface area (Å²) in [6.45, 7) is 10.2. The number of benzene rings is 1. The molecule has 1 fully saturated rings. The zero-order valence-corrected chi connectivity index (χ0v) is 17.4. The monoisotopic (exact) mass is 393 g/mol. The van der Waals surface area contributed by atoms with E-state index < -0.39 is 11.7 Å². The van der Waals surface area contributed by atoms with E-state index in [1.807, 2.05) is 0 Å². The second kappa shape index (κ2) is 9.98. The second-order valence-electron chi connectivity index (χ2n) is 8.40. The van der Waals surface area contributed by atoms with Crippen molar-refractivity contribution in [3.05, 3.63) is 35.6 Å². The molecule has 156 valence electrons. The summed E-state index contributed by atoms with van der Waals surface area (Å²) >= 11 is 0. The smallest absolute Gasteiger partial charge is 0.410 e. The maximum absolute atomic E-state index is 13.1. The average molecular weight is 394 g/mol. The molecule has 7 heteroatoms. The number of carbonyl (C=O) groups excluding carboxylic acids is 2. The Morgan fingerprint density at radius 2 is 1.71 bits per heavy atom. The van der Waals surface area contributed by atoms with Gasteiger partial charge < -0.3 is 14.5 Å². The van der Waals surface area contributed by atoms with E-state index in [0.29, 0.717) is 13.0 Å². The summed E-state index contributed by atoms with van der Waals surface area (Å²) in [5, 5.41) is 0. The van der Waals surface area contributed by atoms with Crippen molar-refractivity contribution in [2.75, 3.05) is 46.3 Å². The summed E-state index contributed by atoms with van der Waals surface area (Å²) in [5.74, 6) is -0.345. The Labute approximate surface area is 167 Å². The molecule has 1 aliphatic rings. The number of ketones is 1. The molecule has 6 nitrogen and oxygen atoms in total. The molecular formula is C21H32FN3O3. The molecule has 0 unspecified atom stereocenters. The summed E-state index contributed by atoms with van der Waals surface area (Å²) in [6, 6.07) is 5.92. The zero-order chi connectivity index (χ0) is 20.7. The van der Waals surface area contributed by atoms with E-state index in [2.05, 4.69) is 16.8 Å². The Morgan fingerprint density at radius 1 is 1.11 bits per heavy atom. The minimum Gasteiger partial charge on any atom is -0.444 e. The Bertz CT molecular complexity index is 650. The Morgan fingerprint density at radius 3 is 2.29 bits per heavy atom. The van der Waals surface area contributed by atoms with Crippen molar-refractivity contribution >= 4 is 11.9 Å². The van der Waals surface area contributed by atoms with Gasteiger partial charge in [0.05, 0.1) is 6.54 Å². The first-order chi connectivity index (χ1) is 13.1. The molecular weight excluding hydrogens is 361 g/mol. The van der Waals surface area contributed by atoms with Gasteiger partial charge in [-0.15, -0.1) is 0 Å². The van der Waals surface area contributed by atoms with Gasteiger partial charge in [-0.25, -0.2) is 9.18 Å². The lowest BCUT2D eigenvalue weighted by atomic mass is 10.2. The number of piperazine rings is 1. The average Bonchev–Trinajstić information content (AvgIpc) is 2.61. The Kier molecular flexibility index (Phi) is 7.95. The van der Waals surface area contributed by atoms with Crippen molar-refractivity contribution in [3.63, 3.8) is 0 Å². The maximum atomic E-state index is 13.1. The number of Topliss-reactive ketones (excluding diaryl/α,β-unsaturated/α-hetero) is 1. The minimum absolute atomic E-state index is 0.00750. The molecule has 1 heterocycles. The normalized spacial score (nSPS) is 16.0. The van der Waals surface area contributed by atoms with Crippen LogP contribution >= 0.6 is 0 Å². The van der Waals surface area contributed by atoms with Gasteiger partial charge >= 0.3 is 6.09 Å². The third-order valence-corrected chi connectivity index (χ3v) is 4.61. The topological polar surface area (TPSA) is 53.1 Å². The van der Waals surface area contributed by atoms with Crippen molar-refractivity contribution in [1.82, 2.24) is 14.7 Å². The van der Waals surface area contributed by atoms with Gasteiger partial charge in [0.1, 0.15) is 11.4 Å². The quantitative estimate of drug-likeness (QED) is 0.713. The van der Waals surface area contributed by atoms with Crippen LogP contribution in [0.15, 0.2) is 24.3 Å². The predicted octanol–water partition coefficient (Wildman–Crippen LogP) is 2.77. The molecule has 0 N–H and O–H groups in total. The number of nitrogens with zero attached hydrogens (tertiary/aromatic N) is 3. The number of hydrogen-bond acceptors (Lipinski definition) is 5. The molecule has 28 heavy (non-hydrogen) atoms. The third kappa shape index (κ3) is 7.94. The number of likely N-dealkylation sites (N-methyl/N-ethyl adjacent to an activating group) is 1. The number of amides is 1. The van der Waals surface area contributed by atoms with Crippen LogP contribution in [0.3, 0.4) is 0 Å². The predicted molar refractivity (Wildman–Crippen MR) is 107 cm³/mol. The number of rotatable bonds is 7. The molecule has 0 radical (unpaired) electrons. The summed E-state index contributed by atoms with van der Waals surface area (Å²) < 4.78 is 18.6. The van der Waals surface area contributed by atoms with Crippen molar-refractivity contribution in [3.8, 4) is 0 Å². The van der Waals surface area contributed by atoms with Crippen LogP contribution in [0.25, 0.3) is 0 Å². The highest BCUT2D eigenvalue weighted by Gasteiger charge is 2.24. The van der Waals surface area contributed by atoms with E-state index in [1.54, 1.807) is 32.9 Å². The van der Waals surface area contributed by atoms with Crippen LogP contribution in [0.4, 0.5) is 9.18 Å². The highest BCUT2D eigenvalue weighted by atomic mass is 19.1. The summed E-state index contributed by atoms with van der Waals surface area (Å²) in [4.78, 5) is 31.0. The molecule has 0 bridgehead atoms. The zero-order valence-electron chi connectivity index (χ0n) is 17.4. The van der Waals surface area contributed by atoms with Crippen LogP contribution < -0.4 is 0 Å². The van der Waals surface area contributed by atoms with Gasteiger partial charge in [-0.05, 0) is 45.5 Å². The molecule has 0 aliphatic carbocycles. The number of halogens is 1. The van der Waals surface area contributed by atoms with Crippen molar-refractivity contribution in [2.45, 2.75) is 39.3 Å². The Hall–Kier alpha value is -1.99. The molecule has 0 saturated carbocycles. The van der Waals surface area contributed by atoms with E-state index in [0.717, 1.165) is 31.7 Å². The lowest BCUT2D eigenvalue weighted by molar-refractivity contribution is -0.120. The van der Waals surface area contributed by atoms with Gasteiger partial charge in [0.2, 0.25) is 0 Å². The van der Waals surface area contributed by atoms with E-state index in [1.165, 1.54) is 17.0 Å².